The fourth-order valence-electron chi connectivity index (χ4n) is 3.19. The molecule has 1 aliphatic rings. The summed E-state index contributed by atoms with van der Waals surface area (Å²) in [4.78, 5) is 26.5. The first-order chi connectivity index (χ1) is 13.5. The van der Waals surface area contributed by atoms with Gasteiger partial charge in [-0.05, 0) is 55.2 Å². The van der Waals surface area contributed by atoms with Gasteiger partial charge < -0.3 is 15.4 Å². The largest absolute Gasteiger partial charge is 0.495 e. The average molecular weight is 381 g/mol. The second-order valence-electron chi connectivity index (χ2n) is 7.16. The number of carbonyl (C=O) groups excluding carboxylic acids is 2. The third-order valence-corrected chi connectivity index (χ3v) is 4.87. The number of benzene rings is 2. The van der Waals surface area contributed by atoms with Crippen LogP contribution >= 0.6 is 0 Å². The van der Waals surface area contributed by atoms with Crippen LogP contribution in [-0.2, 0) is 11.3 Å². The van der Waals surface area contributed by atoms with Crippen LogP contribution in [0.5, 0.6) is 5.75 Å². The van der Waals surface area contributed by atoms with Crippen molar-refractivity contribution in [3.8, 4) is 5.75 Å². The van der Waals surface area contributed by atoms with Crippen molar-refractivity contribution in [3.63, 3.8) is 0 Å². The van der Waals surface area contributed by atoms with Crippen molar-refractivity contribution in [2.75, 3.05) is 26.0 Å². The molecule has 0 bridgehead atoms. The molecular weight excluding hydrogens is 354 g/mol. The molecule has 0 aromatic heterocycles. The summed E-state index contributed by atoms with van der Waals surface area (Å²) in [5, 5.41) is 5.59. The summed E-state index contributed by atoms with van der Waals surface area (Å²) in [6.45, 7) is 2.98. The number of ether oxygens (including phenoxy) is 1. The van der Waals surface area contributed by atoms with E-state index in [4.69, 9.17) is 4.74 Å². The predicted octanol–water partition coefficient (Wildman–Crippen LogP) is 2.97. The average Bonchev–Trinajstić information content (AvgIpc) is 3.53. The zero-order chi connectivity index (χ0) is 20.1. The summed E-state index contributed by atoms with van der Waals surface area (Å²) >= 11 is 0. The number of methoxy groups -OCH3 is 1. The van der Waals surface area contributed by atoms with Gasteiger partial charge in [0.2, 0.25) is 5.91 Å². The van der Waals surface area contributed by atoms with E-state index in [1.54, 1.807) is 14.2 Å². The lowest BCUT2D eigenvalue weighted by atomic mass is 10.1. The van der Waals surface area contributed by atoms with E-state index in [0.29, 0.717) is 36.1 Å². The van der Waals surface area contributed by atoms with E-state index in [9.17, 15) is 9.59 Å². The number of nitrogens with zero attached hydrogens (tertiary/aromatic N) is 1. The second-order valence-corrected chi connectivity index (χ2v) is 7.16. The van der Waals surface area contributed by atoms with Crippen LogP contribution < -0.4 is 15.4 Å². The normalized spacial score (nSPS) is 13.3. The van der Waals surface area contributed by atoms with E-state index in [-0.39, 0.29) is 11.8 Å². The number of carbonyl (C=O) groups is 2. The summed E-state index contributed by atoms with van der Waals surface area (Å²) in [5.74, 6) is 0.497. The first-order valence-electron chi connectivity index (χ1n) is 9.49. The summed E-state index contributed by atoms with van der Waals surface area (Å²) in [6.07, 6.45) is 2.22. The molecule has 1 saturated carbocycles. The van der Waals surface area contributed by atoms with Crippen molar-refractivity contribution in [2.45, 2.75) is 32.4 Å². The lowest BCUT2D eigenvalue weighted by Gasteiger charge is -2.22. The molecule has 2 amide bonds. The number of nitrogens with one attached hydrogen (secondary N) is 2. The van der Waals surface area contributed by atoms with E-state index in [2.05, 4.69) is 15.5 Å². The van der Waals surface area contributed by atoms with Crippen LogP contribution in [0.25, 0.3) is 0 Å². The van der Waals surface area contributed by atoms with Crippen molar-refractivity contribution in [3.05, 3.63) is 59.2 Å². The lowest BCUT2D eigenvalue weighted by Crippen LogP contribution is -2.34. The van der Waals surface area contributed by atoms with Gasteiger partial charge in [-0.15, -0.1) is 0 Å². The summed E-state index contributed by atoms with van der Waals surface area (Å²) < 4.78 is 5.34. The highest BCUT2D eigenvalue weighted by molar-refractivity contribution is 5.94. The highest BCUT2D eigenvalue weighted by atomic mass is 16.5. The van der Waals surface area contributed by atoms with Gasteiger partial charge in [-0.1, -0.05) is 18.2 Å². The van der Waals surface area contributed by atoms with Crippen molar-refractivity contribution in [1.82, 2.24) is 10.2 Å². The standard InChI is InChI=1S/C22H27N3O3/c1-15-4-11-20(28-3)19(12-15)24-21(26)14-25(18-9-10-18)13-16-5-7-17(8-6-16)22(27)23-2/h4-8,11-12,18H,9-10,13-14H2,1-3H3,(H,23,27)(H,24,26). The maximum atomic E-state index is 12.6. The Bertz CT molecular complexity index is 845. The molecule has 3 rings (SSSR count). The quantitative estimate of drug-likeness (QED) is 0.738. The molecule has 0 aliphatic heterocycles. The van der Waals surface area contributed by atoms with E-state index in [1.165, 1.54) is 0 Å². The Morgan fingerprint density at radius 3 is 2.46 bits per heavy atom. The number of rotatable bonds is 8. The van der Waals surface area contributed by atoms with Gasteiger partial charge in [0.1, 0.15) is 5.75 Å². The maximum absolute atomic E-state index is 12.6. The molecule has 0 heterocycles. The fourth-order valence-corrected chi connectivity index (χ4v) is 3.19. The van der Waals surface area contributed by atoms with Gasteiger partial charge in [0.25, 0.3) is 5.91 Å². The fraction of sp³-hybridized carbons (Fsp3) is 0.364. The molecule has 2 N–H and O–H groups in total. The Morgan fingerprint density at radius 1 is 1.14 bits per heavy atom. The predicted molar refractivity (Wildman–Crippen MR) is 110 cm³/mol. The summed E-state index contributed by atoms with van der Waals surface area (Å²) in [7, 11) is 3.21. The van der Waals surface area contributed by atoms with Crippen molar-refractivity contribution in [2.24, 2.45) is 0 Å². The smallest absolute Gasteiger partial charge is 0.251 e. The van der Waals surface area contributed by atoms with Crippen LogP contribution in [0.4, 0.5) is 5.69 Å². The Balaban J connectivity index is 1.64. The van der Waals surface area contributed by atoms with E-state index >= 15 is 0 Å². The topological polar surface area (TPSA) is 70.7 Å². The zero-order valence-corrected chi connectivity index (χ0v) is 16.6. The zero-order valence-electron chi connectivity index (χ0n) is 16.6. The summed E-state index contributed by atoms with van der Waals surface area (Å²) in [5.41, 5.74) is 3.47. The molecule has 1 aliphatic carbocycles. The Morgan fingerprint density at radius 2 is 1.86 bits per heavy atom. The van der Waals surface area contributed by atoms with Crippen LogP contribution in [-0.4, -0.2) is 43.5 Å². The number of hydrogen-bond acceptors (Lipinski definition) is 4. The number of aryl methyl sites for hydroxylation is 1. The molecule has 6 heteroatoms. The van der Waals surface area contributed by atoms with Gasteiger partial charge in [-0.25, -0.2) is 0 Å². The van der Waals surface area contributed by atoms with Crippen LogP contribution in [0.2, 0.25) is 0 Å². The Kier molecular flexibility index (Phi) is 6.31. The van der Waals surface area contributed by atoms with Gasteiger partial charge in [0.15, 0.2) is 0 Å². The number of hydrogen-bond donors (Lipinski definition) is 2. The van der Waals surface area contributed by atoms with Crippen LogP contribution in [0.15, 0.2) is 42.5 Å². The molecular formula is C22H27N3O3. The monoisotopic (exact) mass is 381 g/mol. The highest BCUT2D eigenvalue weighted by Gasteiger charge is 2.30. The van der Waals surface area contributed by atoms with Gasteiger partial charge in [-0.2, -0.15) is 0 Å². The van der Waals surface area contributed by atoms with E-state index in [0.717, 1.165) is 24.0 Å². The molecule has 0 radical (unpaired) electrons. The van der Waals surface area contributed by atoms with Gasteiger partial charge >= 0.3 is 0 Å². The molecule has 6 nitrogen and oxygen atoms in total. The van der Waals surface area contributed by atoms with Crippen molar-refractivity contribution < 1.29 is 14.3 Å². The van der Waals surface area contributed by atoms with Crippen LogP contribution in [0.3, 0.4) is 0 Å². The van der Waals surface area contributed by atoms with Crippen molar-refractivity contribution >= 4 is 17.5 Å². The number of anilines is 1. The maximum Gasteiger partial charge on any atom is 0.251 e. The van der Waals surface area contributed by atoms with E-state index < -0.39 is 0 Å². The molecule has 2 aromatic rings. The molecule has 2 aromatic carbocycles. The molecule has 1 fully saturated rings. The first-order valence-corrected chi connectivity index (χ1v) is 9.49. The van der Waals surface area contributed by atoms with Gasteiger partial charge in [0, 0.05) is 25.2 Å². The third kappa shape index (κ3) is 5.10. The van der Waals surface area contributed by atoms with Crippen LogP contribution in [0.1, 0.15) is 34.3 Å². The molecule has 148 valence electrons. The Hall–Kier alpha value is -2.86. The molecule has 0 atom stereocenters. The minimum atomic E-state index is -0.0999. The summed E-state index contributed by atoms with van der Waals surface area (Å²) in [6, 6.07) is 13.7. The van der Waals surface area contributed by atoms with Gasteiger partial charge in [0.05, 0.1) is 19.3 Å². The highest BCUT2D eigenvalue weighted by Crippen LogP contribution is 2.29. The third-order valence-electron chi connectivity index (χ3n) is 4.87. The molecule has 0 saturated heterocycles. The number of amides is 2. The van der Waals surface area contributed by atoms with Crippen LogP contribution in [0, 0.1) is 6.92 Å². The lowest BCUT2D eigenvalue weighted by molar-refractivity contribution is -0.117. The second kappa shape index (κ2) is 8.89. The van der Waals surface area contributed by atoms with Crippen molar-refractivity contribution in [1.29, 1.82) is 0 Å². The van der Waals surface area contributed by atoms with E-state index in [1.807, 2.05) is 49.4 Å². The minimum Gasteiger partial charge on any atom is -0.495 e. The molecule has 28 heavy (non-hydrogen) atoms. The first kappa shape index (κ1) is 19.9. The molecule has 0 spiro atoms. The Labute approximate surface area is 165 Å². The minimum absolute atomic E-state index is 0.0576. The van der Waals surface area contributed by atoms with Gasteiger partial charge in [-0.3, -0.25) is 14.5 Å². The SMILES string of the molecule is CNC(=O)c1ccc(CN(CC(=O)Nc2cc(C)ccc2OC)C2CC2)cc1. The molecule has 0 unspecified atom stereocenters.